The molecule has 2 N–H and O–H groups in total. The first-order chi connectivity index (χ1) is 14.6. The molecule has 3 rings (SSSR count). The molecule has 1 fully saturated rings. The Labute approximate surface area is 205 Å². The van der Waals surface area contributed by atoms with Crippen LogP contribution in [0.15, 0.2) is 35.3 Å². The van der Waals surface area contributed by atoms with E-state index in [1.807, 2.05) is 56.0 Å². The van der Waals surface area contributed by atoms with Crippen molar-refractivity contribution in [3.8, 4) is 0 Å². The van der Waals surface area contributed by atoms with Crippen molar-refractivity contribution >= 4 is 47.2 Å². The lowest BCUT2D eigenvalue weighted by Crippen LogP contribution is -2.47. The van der Waals surface area contributed by atoms with E-state index in [4.69, 9.17) is 9.73 Å². The molecule has 1 atom stereocenters. The highest BCUT2D eigenvalue weighted by atomic mass is 127. The standard InChI is InChI=1S/C22H31N5O2S.HI/c1-4-23-22(25-15-20-16(2)26-17(3)30-20)24-14-19(18-8-6-5-7-9-18)21(28)27-10-12-29-13-11-27;/h5-9,19H,4,10-15H2,1-3H3,(H2,23,24,25);1H. The molecule has 1 aliphatic heterocycles. The van der Waals surface area contributed by atoms with Gasteiger partial charge in [0.1, 0.15) is 0 Å². The molecular formula is C22H32IN5O2S. The van der Waals surface area contributed by atoms with Crippen molar-refractivity contribution in [2.75, 3.05) is 39.4 Å². The number of rotatable bonds is 7. The zero-order chi connectivity index (χ0) is 21.3. The summed E-state index contributed by atoms with van der Waals surface area (Å²) in [7, 11) is 0. The van der Waals surface area contributed by atoms with Crippen LogP contribution in [0.2, 0.25) is 0 Å². The quantitative estimate of drug-likeness (QED) is 0.311. The number of halogens is 1. The molecule has 9 heteroatoms. The highest BCUT2D eigenvalue weighted by Gasteiger charge is 2.27. The molecule has 7 nitrogen and oxygen atoms in total. The van der Waals surface area contributed by atoms with Gasteiger partial charge in [0.25, 0.3) is 0 Å². The molecule has 0 saturated carbocycles. The number of aliphatic imine (C=N–C) groups is 1. The summed E-state index contributed by atoms with van der Waals surface area (Å²) >= 11 is 1.67. The molecule has 1 aromatic carbocycles. The molecule has 1 unspecified atom stereocenters. The Morgan fingerprint density at radius 2 is 1.94 bits per heavy atom. The van der Waals surface area contributed by atoms with E-state index in [9.17, 15) is 4.79 Å². The molecule has 0 bridgehead atoms. The molecule has 0 spiro atoms. The monoisotopic (exact) mass is 557 g/mol. The van der Waals surface area contributed by atoms with Crippen LogP contribution in [0.5, 0.6) is 0 Å². The maximum atomic E-state index is 13.3. The first kappa shape index (κ1) is 25.5. The number of carbonyl (C=O) groups is 1. The van der Waals surface area contributed by atoms with Crippen LogP contribution in [0.4, 0.5) is 0 Å². The number of hydrogen-bond acceptors (Lipinski definition) is 5. The third kappa shape index (κ3) is 7.43. The molecule has 1 aliphatic rings. The zero-order valence-electron chi connectivity index (χ0n) is 18.4. The van der Waals surface area contributed by atoms with Gasteiger partial charge in [-0.15, -0.1) is 35.3 Å². The fraction of sp³-hybridized carbons (Fsp3) is 0.500. The number of morpholine rings is 1. The topological polar surface area (TPSA) is 78.8 Å². The van der Waals surface area contributed by atoms with Gasteiger partial charge in [0.05, 0.1) is 36.4 Å². The van der Waals surface area contributed by atoms with Crippen molar-refractivity contribution < 1.29 is 9.53 Å². The van der Waals surface area contributed by atoms with Crippen molar-refractivity contribution in [3.05, 3.63) is 51.5 Å². The Morgan fingerprint density at radius 1 is 1.23 bits per heavy atom. The van der Waals surface area contributed by atoms with Gasteiger partial charge in [-0.1, -0.05) is 30.3 Å². The van der Waals surface area contributed by atoms with Gasteiger partial charge < -0.3 is 20.3 Å². The number of nitrogens with zero attached hydrogens (tertiary/aromatic N) is 3. The van der Waals surface area contributed by atoms with E-state index >= 15 is 0 Å². The van der Waals surface area contributed by atoms with E-state index in [1.54, 1.807) is 11.3 Å². The Hall–Kier alpha value is -1.72. The van der Waals surface area contributed by atoms with Crippen molar-refractivity contribution in [2.24, 2.45) is 4.99 Å². The highest BCUT2D eigenvalue weighted by Crippen LogP contribution is 2.20. The number of amides is 1. The first-order valence-electron chi connectivity index (χ1n) is 10.4. The molecule has 0 radical (unpaired) electrons. The fourth-order valence-corrected chi connectivity index (χ4v) is 4.31. The summed E-state index contributed by atoms with van der Waals surface area (Å²) in [5, 5.41) is 7.71. The van der Waals surface area contributed by atoms with Gasteiger partial charge in [-0.25, -0.2) is 9.98 Å². The molecule has 0 aliphatic carbocycles. The van der Waals surface area contributed by atoms with Crippen LogP contribution < -0.4 is 10.6 Å². The fourth-order valence-electron chi connectivity index (χ4n) is 3.45. The number of aryl methyl sites for hydroxylation is 2. The number of thiazole rings is 1. The van der Waals surface area contributed by atoms with Gasteiger partial charge in [-0.05, 0) is 26.3 Å². The lowest BCUT2D eigenvalue weighted by atomic mass is 9.97. The molecule has 1 amide bonds. The van der Waals surface area contributed by atoms with Gasteiger partial charge in [0, 0.05) is 31.1 Å². The van der Waals surface area contributed by atoms with E-state index in [0.717, 1.165) is 27.7 Å². The average molecular weight is 558 g/mol. The number of benzene rings is 1. The van der Waals surface area contributed by atoms with E-state index in [-0.39, 0.29) is 35.8 Å². The summed E-state index contributed by atoms with van der Waals surface area (Å²) < 4.78 is 5.41. The molecule has 31 heavy (non-hydrogen) atoms. The molecule has 1 aromatic heterocycles. The number of carbonyl (C=O) groups excluding carboxylic acids is 1. The van der Waals surface area contributed by atoms with Crippen molar-refractivity contribution in [1.29, 1.82) is 0 Å². The molecule has 170 valence electrons. The number of aromatic nitrogens is 1. The lowest BCUT2D eigenvalue weighted by Gasteiger charge is -2.31. The van der Waals surface area contributed by atoms with Crippen LogP contribution in [-0.2, 0) is 16.1 Å². The minimum absolute atomic E-state index is 0. The smallest absolute Gasteiger partial charge is 0.232 e. The second kappa shape index (κ2) is 13.0. The lowest BCUT2D eigenvalue weighted by molar-refractivity contribution is -0.136. The first-order valence-corrected chi connectivity index (χ1v) is 11.3. The zero-order valence-corrected chi connectivity index (χ0v) is 21.5. The van der Waals surface area contributed by atoms with Gasteiger partial charge in [0.2, 0.25) is 5.91 Å². The van der Waals surface area contributed by atoms with Crippen LogP contribution in [0, 0.1) is 13.8 Å². The number of nitrogens with one attached hydrogen (secondary N) is 2. The highest BCUT2D eigenvalue weighted by molar-refractivity contribution is 14.0. The Kier molecular flexibility index (Phi) is 10.7. The Balaban J connectivity index is 0.00000341. The summed E-state index contributed by atoms with van der Waals surface area (Å²) in [6, 6.07) is 9.95. The van der Waals surface area contributed by atoms with Crippen molar-refractivity contribution in [1.82, 2.24) is 20.5 Å². The van der Waals surface area contributed by atoms with Crippen molar-refractivity contribution in [3.63, 3.8) is 0 Å². The summed E-state index contributed by atoms with van der Waals surface area (Å²) in [4.78, 5) is 25.5. The van der Waals surface area contributed by atoms with Crippen LogP contribution in [-0.4, -0.2) is 61.1 Å². The van der Waals surface area contributed by atoms with Crippen LogP contribution >= 0.6 is 35.3 Å². The summed E-state index contributed by atoms with van der Waals surface area (Å²) in [5.41, 5.74) is 2.04. The molecule has 2 aromatic rings. The van der Waals surface area contributed by atoms with Crippen molar-refractivity contribution in [2.45, 2.75) is 33.2 Å². The van der Waals surface area contributed by atoms with Crippen LogP contribution in [0.25, 0.3) is 0 Å². The third-order valence-corrected chi connectivity index (χ3v) is 6.08. The molecule has 1 saturated heterocycles. The van der Waals surface area contributed by atoms with Gasteiger partial charge in [-0.2, -0.15) is 0 Å². The van der Waals surface area contributed by atoms with Gasteiger partial charge in [0.15, 0.2) is 5.96 Å². The minimum Gasteiger partial charge on any atom is -0.378 e. The number of hydrogen-bond donors (Lipinski definition) is 2. The predicted molar refractivity (Wildman–Crippen MR) is 136 cm³/mol. The Morgan fingerprint density at radius 3 is 2.55 bits per heavy atom. The average Bonchev–Trinajstić information content (AvgIpc) is 3.10. The van der Waals surface area contributed by atoms with E-state index in [2.05, 4.69) is 15.6 Å². The number of ether oxygens (including phenoxy) is 1. The minimum atomic E-state index is -0.277. The SMILES string of the molecule is CCNC(=NCc1sc(C)nc1C)NCC(C(=O)N1CCOCC1)c1ccccc1.I. The van der Waals surface area contributed by atoms with Gasteiger partial charge in [-0.3, -0.25) is 4.79 Å². The van der Waals surface area contributed by atoms with Crippen LogP contribution in [0.1, 0.15) is 34.0 Å². The maximum Gasteiger partial charge on any atom is 0.232 e. The van der Waals surface area contributed by atoms with E-state index in [1.165, 1.54) is 0 Å². The third-order valence-electron chi connectivity index (χ3n) is 5.02. The molecule has 2 heterocycles. The second-order valence-corrected chi connectivity index (χ2v) is 8.51. The van der Waals surface area contributed by atoms with Gasteiger partial charge >= 0.3 is 0 Å². The summed E-state index contributed by atoms with van der Waals surface area (Å²) in [5.74, 6) is 0.556. The van der Waals surface area contributed by atoms with E-state index < -0.39 is 0 Å². The normalized spacial score (nSPS) is 15.2. The van der Waals surface area contributed by atoms with E-state index in [0.29, 0.717) is 45.4 Å². The maximum absolute atomic E-state index is 13.3. The largest absolute Gasteiger partial charge is 0.378 e. The number of guanidine groups is 1. The second-order valence-electron chi connectivity index (χ2n) is 7.22. The Bertz CT molecular complexity index is 853. The summed E-state index contributed by atoms with van der Waals surface area (Å²) in [6.07, 6.45) is 0. The summed E-state index contributed by atoms with van der Waals surface area (Å²) in [6.45, 7) is 10.3. The molecular weight excluding hydrogens is 525 g/mol. The van der Waals surface area contributed by atoms with Crippen LogP contribution in [0.3, 0.4) is 0 Å². The predicted octanol–water partition coefficient (Wildman–Crippen LogP) is 3.08.